The molecular formula is C11H25N3O2S. The van der Waals surface area contributed by atoms with Crippen LogP contribution in [0.3, 0.4) is 0 Å². The van der Waals surface area contributed by atoms with Gasteiger partial charge in [-0.25, -0.2) is 8.42 Å². The Hall–Kier alpha value is -0.620. The Morgan fingerprint density at radius 2 is 1.94 bits per heavy atom. The van der Waals surface area contributed by atoms with E-state index in [0.29, 0.717) is 18.9 Å². The van der Waals surface area contributed by atoms with Gasteiger partial charge in [0.25, 0.3) is 0 Å². The topological polar surface area (TPSA) is 87.2 Å². The SMILES string of the molecule is CCS(=O)(=O)CCCN(CCC(=N)N)C(C)C. The number of nitrogens with two attached hydrogens (primary N) is 1. The number of sulfone groups is 1. The molecule has 5 nitrogen and oxygen atoms in total. The molecule has 0 radical (unpaired) electrons. The highest BCUT2D eigenvalue weighted by Gasteiger charge is 2.12. The van der Waals surface area contributed by atoms with Gasteiger partial charge in [0.1, 0.15) is 9.84 Å². The number of nitrogens with one attached hydrogen (secondary N) is 1. The van der Waals surface area contributed by atoms with E-state index in [1.165, 1.54) is 0 Å². The van der Waals surface area contributed by atoms with E-state index in [1.807, 2.05) is 0 Å². The Labute approximate surface area is 105 Å². The maximum absolute atomic E-state index is 11.3. The first kappa shape index (κ1) is 16.4. The van der Waals surface area contributed by atoms with E-state index < -0.39 is 9.84 Å². The number of amidine groups is 1. The van der Waals surface area contributed by atoms with E-state index in [9.17, 15) is 8.42 Å². The average Bonchev–Trinajstić information content (AvgIpc) is 2.22. The second-order valence-electron chi connectivity index (χ2n) is 4.49. The van der Waals surface area contributed by atoms with Crippen LogP contribution in [0.4, 0.5) is 0 Å². The van der Waals surface area contributed by atoms with Crippen LogP contribution in [0.15, 0.2) is 0 Å². The maximum atomic E-state index is 11.3. The predicted molar refractivity (Wildman–Crippen MR) is 72.2 cm³/mol. The highest BCUT2D eigenvalue weighted by atomic mass is 32.2. The zero-order chi connectivity index (χ0) is 13.5. The minimum atomic E-state index is -2.87. The van der Waals surface area contributed by atoms with Crippen molar-refractivity contribution in [3.63, 3.8) is 0 Å². The van der Waals surface area contributed by atoms with Gasteiger partial charge in [-0.3, -0.25) is 5.41 Å². The van der Waals surface area contributed by atoms with Gasteiger partial charge in [-0.2, -0.15) is 0 Å². The summed E-state index contributed by atoms with van der Waals surface area (Å²) in [6, 6.07) is 0.346. The smallest absolute Gasteiger partial charge is 0.150 e. The first-order valence-corrected chi connectivity index (χ1v) is 7.88. The Kier molecular flexibility index (Phi) is 7.38. The normalized spacial score (nSPS) is 12.3. The lowest BCUT2D eigenvalue weighted by molar-refractivity contribution is 0.228. The summed E-state index contributed by atoms with van der Waals surface area (Å²) in [5.74, 6) is 0.631. The summed E-state index contributed by atoms with van der Waals surface area (Å²) in [6.07, 6.45) is 1.19. The molecule has 0 spiro atoms. The molecule has 0 aliphatic carbocycles. The van der Waals surface area contributed by atoms with Gasteiger partial charge in [0.2, 0.25) is 0 Å². The van der Waals surface area contributed by atoms with Gasteiger partial charge in [0.15, 0.2) is 0 Å². The van der Waals surface area contributed by atoms with E-state index in [4.69, 9.17) is 11.1 Å². The second-order valence-corrected chi connectivity index (χ2v) is 6.97. The van der Waals surface area contributed by atoms with Crippen LogP contribution in [0.1, 0.15) is 33.6 Å². The molecule has 0 saturated carbocycles. The van der Waals surface area contributed by atoms with Gasteiger partial charge in [-0.1, -0.05) is 6.92 Å². The molecule has 0 aromatic carbocycles. The quantitative estimate of drug-likeness (QED) is 0.477. The third kappa shape index (κ3) is 8.15. The summed E-state index contributed by atoms with van der Waals surface area (Å²) < 4.78 is 22.7. The van der Waals surface area contributed by atoms with Crippen molar-refractivity contribution in [1.82, 2.24) is 4.90 Å². The van der Waals surface area contributed by atoms with Crippen molar-refractivity contribution >= 4 is 15.7 Å². The summed E-state index contributed by atoms with van der Waals surface area (Å²) in [5, 5.41) is 7.19. The monoisotopic (exact) mass is 263 g/mol. The third-order valence-electron chi connectivity index (χ3n) is 2.74. The molecule has 0 rings (SSSR count). The standard InChI is InChI=1S/C11H25N3O2S/c1-4-17(15,16)9-5-7-14(10(2)3)8-6-11(12)13/h10H,4-9H2,1-3H3,(H3,12,13). The van der Waals surface area contributed by atoms with Crippen LogP contribution in [0, 0.1) is 5.41 Å². The zero-order valence-corrected chi connectivity index (χ0v) is 11.9. The largest absolute Gasteiger partial charge is 0.388 e. The molecule has 3 N–H and O–H groups in total. The summed E-state index contributed by atoms with van der Waals surface area (Å²) in [5.41, 5.74) is 5.32. The summed E-state index contributed by atoms with van der Waals surface area (Å²) >= 11 is 0. The molecule has 0 unspecified atom stereocenters. The molecular weight excluding hydrogens is 238 g/mol. The molecule has 0 bridgehead atoms. The van der Waals surface area contributed by atoms with Crippen LogP contribution in [-0.4, -0.2) is 49.8 Å². The Morgan fingerprint density at radius 3 is 2.35 bits per heavy atom. The Morgan fingerprint density at radius 1 is 1.35 bits per heavy atom. The van der Waals surface area contributed by atoms with Crippen molar-refractivity contribution in [2.45, 2.75) is 39.7 Å². The molecule has 0 heterocycles. The highest BCUT2D eigenvalue weighted by Crippen LogP contribution is 2.03. The minimum absolute atomic E-state index is 0.178. The van der Waals surface area contributed by atoms with E-state index in [0.717, 1.165) is 13.1 Å². The number of hydrogen-bond acceptors (Lipinski definition) is 4. The van der Waals surface area contributed by atoms with Gasteiger partial charge in [-0.05, 0) is 26.8 Å². The van der Waals surface area contributed by atoms with E-state index in [1.54, 1.807) is 6.92 Å². The fourth-order valence-electron chi connectivity index (χ4n) is 1.52. The Balaban J connectivity index is 4.06. The lowest BCUT2D eigenvalue weighted by Gasteiger charge is -2.26. The number of nitrogens with zero attached hydrogens (tertiary/aromatic N) is 1. The van der Waals surface area contributed by atoms with Crippen molar-refractivity contribution in [3.05, 3.63) is 0 Å². The lowest BCUT2D eigenvalue weighted by Crippen LogP contribution is -2.35. The molecule has 0 atom stereocenters. The molecule has 0 aliphatic rings. The second kappa shape index (κ2) is 7.66. The predicted octanol–water partition coefficient (Wildman–Crippen LogP) is 0.848. The first-order chi connectivity index (χ1) is 7.78. The summed E-state index contributed by atoms with van der Waals surface area (Å²) in [7, 11) is -2.87. The molecule has 0 saturated heterocycles. The van der Waals surface area contributed by atoms with Crippen LogP contribution >= 0.6 is 0 Å². The lowest BCUT2D eigenvalue weighted by atomic mass is 10.2. The Bertz CT molecular complexity index is 326. The number of hydrogen-bond donors (Lipinski definition) is 2. The molecule has 0 fully saturated rings. The minimum Gasteiger partial charge on any atom is -0.388 e. The summed E-state index contributed by atoms with van der Waals surface area (Å²) in [4.78, 5) is 2.16. The van der Waals surface area contributed by atoms with Crippen molar-refractivity contribution in [1.29, 1.82) is 5.41 Å². The van der Waals surface area contributed by atoms with Crippen molar-refractivity contribution in [3.8, 4) is 0 Å². The van der Waals surface area contributed by atoms with E-state index in [-0.39, 0.29) is 17.3 Å². The van der Waals surface area contributed by atoms with Crippen LogP contribution in [-0.2, 0) is 9.84 Å². The van der Waals surface area contributed by atoms with Crippen LogP contribution in [0.25, 0.3) is 0 Å². The highest BCUT2D eigenvalue weighted by molar-refractivity contribution is 7.91. The van der Waals surface area contributed by atoms with E-state index in [2.05, 4.69) is 18.7 Å². The van der Waals surface area contributed by atoms with Gasteiger partial charge in [0.05, 0.1) is 11.6 Å². The van der Waals surface area contributed by atoms with Gasteiger partial charge in [-0.15, -0.1) is 0 Å². The molecule has 6 heteroatoms. The van der Waals surface area contributed by atoms with Gasteiger partial charge in [0, 0.05) is 24.8 Å². The zero-order valence-electron chi connectivity index (χ0n) is 11.1. The molecule has 0 aliphatic heterocycles. The van der Waals surface area contributed by atoms with E-state index >= 15 is 0 Å². The van der Waals surface area contributed by atoms with Crippen molar-refractivity contribution in [2.75, 3.05) is 24.6 Å². The summed E-state index contributed by atoms with van der Waals surface area (Å²) in [6.45, 7) is 7.26. The van der Waals surface area contributed by atoms with Crippen LogP contribution < -0.4 is 5.73 Å². The molecule has 0 aromatic rings. The van der Waals surface area contributed by atoms with Crippen molar-refractivity contribution in [2.24, 2.45) is 5.73 Å². The third-order valence-corrected chi connectivity index (χ3v) is 4.53. The molecule has 0 amide bonds. The molecule has 102 valence electrons. The van der Waals surface area contributed by atoms with Gasteiger partial charge >= 0.3 is 0 Å². The van der Waals surface area contributed by atoms with Crippen LogP contribution in [0.5, 0.6) is 0 Å². The van der Waals surface area contributed by atoms with Crippen LogP contribution in [0.2, 0.25) is 0 Å². The fraction of sp³-hybridized carbons (Fsp3) is 0.909. The molecule has 0 aromatic heterocycles. The average molecular weight is 263 g/mol. The fourth-order valence-corrected chi connectivity index (χ4v) is 2.38. The maximum Gasteiger partial charge on any atom is 0.150 e. The van der Waals surface area contributed by atoms with Crippen molar-refractivity contribution < 1.29 is 8.42 Å². The number of rotatable bonds is 9. The van der Waals surface area contributed by atoms with Gasteiger partial charge < -0.3 is 10.6 Å². The molecule has 17 heavy (non-hydrogen) atoms. The first-order valence-electron chi connectivity index (χ1n) is 6.06.